The number of hydrogen-bond acceptors (Lipinski definition) is 5. The molecule has 0 saturated carbocycles. The van der Waals surface area contributed by atoms with Crippen molar-refractivity contribution in [2.24, 2.45) is 0 Å². The van der Waals surface area contributed by atoms with Crippen molar-refractivity contribution < 1.29 is 17.5 Å². The van der Waals surface area contributed by atoms with Crippen LogP contribution in [0.5, 0.6) is 5.75 Å². The van der Waals surface area contributed by atoms with Crippen molar-refractivity contribution in [2.75, 3.05) is 33.3 Å². The number of benzene rings is 2. The van der Waals surface area contributed by atoms with Crippen LogP contribution in [-0.2, 0) is 23.1 Å². The van der Waals surface area contributed by atoms with Gasteiger partial charge in [-0.25, -0.2) is 17.8 Å². The number of halogens is 1. The number of para-hydroxylation sites is 1. The Bertz CT molecular complexity index is 1210. The molecule has 2 heterocycles. The number of sulfonamides is 1. The molecule has 9 heteroatoms. The summed E-state index contributed by atoms with van der Waals surface area (Å²) in [5.41, 5.74) is 1.60. The van der Waals surface area contributed by atoms with E-state index in [1.54, 1.807) is 34.6 Å². The molecule has 33 heavy (non-hydrogen) atoms. The number of piperidine rings is 1. The maximum Gasteiger partial charge on any atom is 0.243 e. The Labute approximate surface area is 194 Å². The highest BCUT2D eigenvalue weighted by Gasteiger charge is 2.26. The molecular weight excluding hydrogens is 443 g/mol. The summed E-state index contributed by atoms with van der Waals surface area (Å²) < 4.78 is 49.1. The van der Waals surface area contributed by atoms with E-state index in [0.717, 1.165) is 37.1 Å². The normalized spacial score (nSPS) is 15.4. The third-order valence-electron chi connectivity index (χ3n) is 6.05. The summed E-state index contributed by atoms with van der Waals surface area (Å²) in [5, 5.41) is 0. The zero-order valence-corrected chi connectivity index (χ0v) is 20.0. The Balaban J connectivity index is 1.47. The Hall–Kier alpha value is -2.49. The van der Waals surface area contributed by atoms with Crippen LogP contribution in [0.1, 0.15) is 32.0 Å². The second-order valence-electron chi connectivity index (χ2n) is 8.40. The van der Waals surface area contributed by atoms with Crippen LogP contribution in [0.25, 0.3) is 11.0 Å². The molecule has 0 spiro atoms. The zero-order valence-electron chi connectivity index (χ0n) is 19.2. The molecule has 1 fully saturated rings. The SMILES string of the molecule is CCn1c(CN(C)CCOc2ccccc2F)nc2cc(S(=O)(=O)N3CCCCC3)ccc21. The van der Waals surface area contributed by atoms with Crippen LogP contribution < -0.4 is 4.74 Å². The van der Waals surface area contributed by atoms with Gasteiger partial charge in [-0.15, -0.1) is 0 Å². The molecule has 1 saturated heterocycles. The molecule has 1 aliphatic rings. The van der Waals surface area contributed by atoms with Crippen molar-refractivity contribution >= 4 is 21.1 Å². The van der Waals surface area contributed by atoms with Gasteiger partial charge in [-0.2, -0.15) is 4.31 Å². The van der Waals surface area contributed by atoms with Crippen LogP contribution >= 0.6 is 0 Å². The molecule has 4 rings (SSSR count). The highest BCUT2D eigenvalue weighted by atomic mass is 32.2. The van der Waals surface area contributed by atoms with E-state index in [2.05, 4.69) is 9.47 Å². The zero-order chi connectivity index (χ0) is 23.4. The number of rotatable bonds is 9. The molecule has 0 atom stereocenters. The van der Waals surface area contributed by atoms with E-state index in [0.29, 0.717) is 43.2 Å². The summed E-state index contributed by atoms with van der Waals surface area (Å²) in [5.74, 6) is 0.728. The highest BCUT2D eigenvalue weighted by molar-refractivity contribution is 7.89. The molecule has 0 amide bonds. The maximum atomic E-state index is 13.7. The Morgan fingerprint density at radius 2 is 1.88 bits per heavy atom. The lowest BCUT2D eigenvalue weighted by molar-refractivity contribution is 0.222. The number of aryl methyl sites for hydroxylation is 1. The van der Waals surface area contributed by atoms with Crippen molar-refractivity contribution in [1.82, 2.24) is 18.8 Å². The van der Waals surface area contributed by atoms with E-state index in [4.69, 9.17) is 9.72 Å². The summed E-state index contributed by atoms with van der Waals surface area (Å²) in [7, 11) is -1.55. The van der Waals surface area contributed by atoms with Gasteiger partial charge in [-0.05, 0) is 57.1 Å². The van der Waals surface area contributed by atoms with Crippen LogP contribution in [-0.4, -0.2) is 60.5 Å². The van der Waals surface area contributed by atoms with E-state index in [9.17, 15) is 12.8 Å². The smallest absolute Gasteiger partial charge is 0.243 e. The molecule has 1 aliphatic heterocycles. The average molecular weight is 475 g/mol. The lowest BCUT2D eigenvalue weighted by atomic mass is 10.2. The fourth-order valence-electron chi connectivity index (χ4n) is 4.24. The Morgan fingerprint density at radius 1 is 1.12 bits per heavy atom. The van der Waals surface area contributed by atoms with Crippen LogP contribution in [0.3, 0.4) is 0 Å². The van der Waals surface area contributed by atoms with E-state index in [-0.39, 0.29) is 11.6 Å². The fraction of sp³-hybridized carbons (Fsp3) is 0.458. The lowest BCUT2D eigenvalue weighted by Crippen LogP contribution is -2.35. The first-order valence-electron chi connectivity index (χ1n) is 11.5. The number of hydrogen-bond donors (Lipinski definition) is 0. The average Bonchev–Trinajstić information content (AvgIpc) is 3.16. The Morgan fingerprint density at radius 3 is 2.61 bits per heavy atom. The van der Waals surface area contributed by atoms with E-state index in [1.807, 2.05) is 20.0 Å². The van der Waals surface area contributed by atoms with Gasteiger partial charge < -0.3 is 9.30 Å². The predicted molar refractivity (Wildman–Crippen MR) is 126 cm³/mol. The fourth-order valence-corrected chi connectivity index (χ4v) is 5.78. The van der Waals surface area contributed by atoms with Gasteiger partial charge >= 0.3 is 0 Å². The van der Waals surface area contributed by atoms with Crippen LogP contribution in [0.15, 0.2) is 47.4 Å². The highest BCUT2D eigenvalue weighted by Crippen LogP contribution is 2.25. The molecule has 0 N–H and O–H groups in total. The first-order valence-corrected chi connectivity index (χ1v) is 12.9. The standard InChI is InChI=1S/C24H31FN4O3S/c1-3-29-22-12-11-19(33(30,31)28-13-7-4-8-14-28)17-21(22)26-24(29)18-27(2)15-16-32-23-10-6-5-9-20(23)25/h5-6,9-12,17H,3-4,7-8,13-16,18H2,1-2H3. The summed E-state index contributed by atoms with van der Waals surface area (Å²) in [6.07, 6.45) is 2.89. The molecule has 3 aromatic rings. The topological polar surface area (TPSA) is 67.7 Å². The molecule has 0 unspecified atom stereocenters. The van der Waals surface area contributed by atoms with Gasteiger partial charge in [0.1, 0.15) is 12.4 Å². The minimum atomic E-state index is -3.50. The number of ether oxygens (including phenoxy) is 1. The molecule has 2 aromatic carbocycles. The van der Waals surface area contributed by atoms with Crippen LogP contribution in [0.4, 0.5) is 4.39 Å². The molecule has 7 nitrogen and oxygen atoms in total. The number of imidazole rings is 1. The third-order valence-corrected chi connectivity index (χ3v) is 7.94. The number of aromatic nitrogens is 2. The van der Waals surface area contributed by atoms with E-state index in [1.165, 1.54) is 6.07 Å². The number of likely N-dealkylation sites (N-methyl/N-ethyl adjacent to an activating group) is 1. The number of fused-ring (bicyclic) bond motifs is 1. The van der Waals surface area contributed by atoms with Crippen molar-refractivity contribution in [1.29, 1.82) is 0 Å². The van der Waals surface area contributed by atoms with E-state index >= 15 is 0 Å². The van der Waals surface area contributed by atoms with Crippen molar-refractivity contribution in [2.45, 2.75) is 44.2 Å². The molecule has 0 radical (unpaired) electrons. The van der Waals surface area contributed by atoms with Crippen LogP contribution in [0, 0.1) is 5.82 Å². The lowest BCUT2D eigenvalue weighted by Gasteiger charge is -2.25. The van der Waals surface area contributed by atoms with Crippen LogP contribution in [0.2, 0.25) is 0 Å². The third kappa shape index (κ3) is 5.20. The van der Waals surface area contributed by atoms with Gasteiger partial charge in [0.05, 0.1) is 22.5 Å². The number of nitrogens with zero attached hydrogens (tertiary/aromatic N) is 4. The second kappa shape index (κ2) is 10.2. The summed E-state index contributed by atoms with van der Waals surface area (Å²) in [6, 6.07) is 11.6. The van der Waals surface area contributed by atoms with Crippen molar-refractivity contribution in [3.8, 4) is 5.75 Å². The predicted octanol–water partition coefficient (Wildman–Crippen LogP) is 3.88. The Kier molecular flexibility index (Phi) is 7.31. The van der Waals surface area contributed by atoms with Gasteiger partial charge in [0.25, 0.3) is 0 Å². The quantitative estimate of drug-likeness (QED) is 0.471. The molecule has 0 bridgehead atoms. The van der Waals surface area contributed by atoms with Gasteiger partial charge in [-0.1, -0.05) is 18.6 Å². The van der Waals surface area contributed by atoms with Gasteiger partial charge in [-0.3, -0.25) is 4.90 Å². The van der Waals surface area contributed by atoms with Crippen molar-refractivity contribution in [3.63, 3.8) is 0 Å². The minimum Gasteiger partial charge on any atom is -0.489 e. The molecule has 0 aliphatic carbocycles. The first kappa shape index (κ1) is 23.7. The maximum absolute atomic E-state index is 13.7. The van der Waals surface area contributed by atoms with Crippen molar-refractivity contribution in [3.05, 3.63) is 54.1 Å². The molecule has 178 valence electrons. The first-order chi connectivity index (χ1) is 15.9. The van der Waals surface area contributed by atoms with Gasteiger partial charge in [0, 0.05) is 26.2 Å². The minimum absolute atomic E-state index is 0.245. The second-order valence-corrected chi connectivity index (χ2v) is 10.3. The van der Waals surface area contributed by atoms with E-state index < -0.39 is 10.0 Å². The van der Waals surface area contributed by atoms with Gasteiger partial charge in [0.2, 0.25) is 10.0 Å². The summed E-state index contributed by atoms with van der Waals surface area (Å²) >= 11 is 0. The van der Waals surface area contributed by atoms with Gasteiger partial charge in [0.15, 0.2) is 11.6 Å². The molecular formula is C24H31FN4O3S. The monoisotopic (exact) mass is 474 g/mol. The largest absolute Gasteiger partial charge is 0.489 e. The molecule has 1 aromatic heterocycles. The summed E-state index contributed by atoms with van der Waals surface area (Å²) in [4.78, 5) is 7.12. The summed E-state index contributed by atoms with van der Waals surface area (Å²) in [6.45, 7) is 5.44.